The van der Waals surface area contributed by atoms with Gasteiger partial charge in [-0.3, -0.25) is 19.5 Å². The molecule has 4 N–H and O–H groups in total. The largest absolute Gasteiger partial charge is 0.337 e. The number of para-hydroxylation sites is 1. The average Bonchev–Trinajstić information content (AvgIpc) is 2.63. The summed E-state index contributed by atoms with van der Waals surface area (Å²) in [4.78, 5) is 31.6. The van der Waals surface area contributed by atoms with Gasteiger partial charge in [-0.25, -0.2) is 4.39 Å². The lowest BCUT2D eigenvalue weighted by Gasteiger charge is -2.31. The van der Waals surface area contributed by atoms with E-state index in [1.807, 2.05) is 0 Å². The van der Waals surface area contributed by atoms with Crippen molar-refractivity contribution in [1.29, 1.82) is 0 Å². The van der Waals surface area contributed by atoms with Crippen LogP contribution in [0.2, 0.25) is 0 Å². The zero-order valence-corrected chi connectivity index (χ0v) is 15.1. The van der Waals surface area contributed by atoms with Gasteiger partial charge in [0.1, 0.15) is 32.0 Å². The second-order valence-corrected chi connectivity index (χ2v) is 6.71. The predicted octanol–water partition coefficient (Wildman–Crippen LogP) is -2.28. The Morgan fingerprint density at radius 1 is 1.35 bits per heavy atom. The van der Waals surface area contributed by atoms with Crippen molar-refractivity contribution in [3.05, 3.63) is 30.1 Å². The Morgan fingerprint density at radius 3 is 2.81 bits per heavy atom. The maximum absolute atomic E-state index is 14.1. The van der Waals surface area contributed by atoms with Crippen molar-refractivity contribution in [2.75, 3.05) is 44.2 Å². The molecule has 1 aromatic rings. The summed E-state index contributed by atoms with van der Waals surface area (Å²) >= 11 is 5.05. The molecule has 138 valence electrons. The first kappa shape index (κ1) is 18.6. The Labute approximate surface area is 156 Å². The number of hydrogen-bond acceptors (Lipinski definition) is 4. The number of nitrogens with one attached hydrogen (secondary N) is 2. The number of carbonyl (C=O) groups is 2. The number of carbonyl (C=O) groups excluding carboxylic acids is 2. The zero-order chi connectivity index (χ0) is 18.5. The van der Waals surface area contributed by atoms with Gasteiger partial charge in [-0.1, -0.05) is 12.1 Å². The van der Waals surface area contributed by atoms with Crippen LogP contribution in [0.15, 0.2) is 29.3 Å². The molecule has 26 heavy (non-hydrogen) atoms. The number of anilines is 1. The van der Waals surface area contributed by atoms with Crippen molar-refractivity contribution in [2.24, 2.45) is 10.9 Å². The number of amides is 2. The molecule has 1 atom stereocenters. The highest BCUT2D eigenvalue weighted by atomic mass is 32.1. The van der Waals surface area contributed by atoms with Crippen molar-refractivity contribution in [2.45, 2.75) is 0 Å². The van der Waals surface area contributed by atoms with Crippen LogP contribution < -0.4 is 20.4 Å². The van der Waals surface area contributed by atoms with Crippen LogP contribution in [0.5, 0.6) is 0 Å². The van der Waals surface area contributed by atoms with Gasteiger partial charge in [-0.2, -0.15) is 0 Å². The highest BCUT2D eigenvalue weighted by molar-refractivity contribution is 7.80. The number of nitrogens with zero attached hydrogens (tertiary/aromatic N) is 2. The van der Waals surface area contributed by atoms with Gasteiger partial charge in [0, 0.05) is 6.21 Å². The Hall–Kier alpha value is -2.23. The molecule has 0 aromatic heterocycles. The van der Waals surface area contributed by atoms with Crippen LogP contribution >= 0.6 is 12.2 Å². The van der Waals surface area contributed by atoms with E-state index in [-0.39, 0.29) is 10.8 Å². The number of aliphatic imine (C=N–C) groups is 1. The number of halogens is 1. The second kappa shape index (κ2) is 8.43. The molecule has 2 heterocycles. The molecule has 7 nitrogen and oxygen atoms in total. The van der Waals surface area contributed by atoms with Crippen LogP contribution in [0.1, 0.15) is 0 Å². The molecule has 0 unspecified atom stereocenters. The Kier molecular flexibility index (Phi) is 6.02. The highest BCUT2D eigenvalue weighted by Gasteiger charge is 2.39. The highest BCUT2D eigenvalue weighted by Crippen LogP contribution is 2.23. The third-order valence-electron chi connectivity index (χ3n) is 4.55. The molecule has 2 saturated heterocycles. The predicted molar refractivity (Wildman–Crippen MR) is 98.7 cm³/mol. The summed E-state index contributed by atoms with van der Waals surface area (Å²) in [5, 5.41) is 4.62. The molecule has 9 heteroatoms. The monoisotopic (exact) mass is 379 g/mol. The molecular formula is C17H22FN5O2S+2. The molecule has 3 rings (SSSR count). The number of benzene rings is 1. The molecule has 0 saturated carbocycles. The number of rotatable bonds is 5. The van der Waals surface area contributed by atoms with Gasteiger partial charge in [0.05, 0.1) is 18.8 Å². The molecule has 2 aliphatic heterocycles. The summed E-state index contributed by atoms with van der Waals surface area (Å²) in [7, 11) is 0. The first-order valence-electron chi connectivity index (χ1n) is 8.66. The zero-order valence-electron chi connectivity index (χ0n) is 14.3. The Morgan fingerprint density at radius 2 is 2.08 bits per heavy atom. The smallest absolute Gasteiger partial charge is 0.251 e. The van der Waals surface area contributed by atoms with E-state index < -0.39 is 23.5 Å². The van der Waals surface area contributed by atoms with Gasteiger partial charge >= 0.3 is 0 Å². The molecule has 0 spiro atoms. The maximum Gasteiger partial charge on any atom is 0.251 e. The third-order valence-corrected chi connectivity index (χ3v) is 4.83. The van der Waals surface area contributed by atoms with Crippen LogP contribution in [0, 0.1) is 11.7 Å². The van der Waals surface area contributed by atoms with Crippen molar-refractivity contribution in [1.82, 2.24) is 5.32 Å². The Bertz CT molecular complexity index is 736. The van der Waals surface area contributed by atoms with Crippen molar-refractivity contribution < 1.29 is 24.2 Å². The number of nitrogens with two attached hydrogens (primary N) is 1. The standard InChI is InChI=1S/C17H20FN5O2S/c18-13-3-1-2-4-14(13)23-16(25)12(15(24)21-17(23)26)11-20-7-10-22-8-5-19-6-9-22/h1-4,11-12,19H,5-10H2,(H,21,24,26)/p+2/t12-/m1/s1. The maximum atomic E-state index is 14.1. The van der Waals surface area contributed by atoms with Crippen molar-refractivity contribution >= 4 is 41.0 Å². The van der Waals surface area contributed by atoms with Crippen LogP contribution in [-0.2, 0) is 9.59 Å². The molecule has 1 aromatic carbocycles. The van der Waals surface area contributed by atoms with E-state index in [0.717, 1.165) is 37.6 Å². The molecule has 0 aliphatic carbocycles. The molecular weight excluding hydrogens is 357 g/mol. The summed E-state index contributed by atoms with van der Waals surface area (Å²) in [5.74, 6) is -2.81. The van der Waals surface area contributed by atoms with Crippen LogP contribution in [-0.4, -0.2) is 62.4 Å². The lowest BCUT2D eigenvalue weighted by atomic mass is 10.1. The van der Waals surface area contributed by atoms with Gasteiger partial charge in [0.25, 0.3) is 5.91 Å². The summed E-state index contributed by atoms with van der Waals surface area (Å²) in [6.45, 7) is 5.80. The minimum Gasteiger partial charge on any atom is -0.337 e. The summed E-state index contributed by atoms with van der Waals surface area (Å²) in [5.41, 5.74) is 0.0231. The fourth-order valence-electron chi connectivity index (χ4n) is 3.12. The normalized spacial score (nSPS) is 22.1. The van der Waals surface area contributed by atoms with Gasteiger partial charge < -0.3 is 15.5 Å². The van der Waals surface area contributed by atoms with E-state index in [1.165, 1.54) is 29.3 Å². The Balaban J connectivity index is 1.67. The van der Waals surface area contributed by atoms with E-state index in [1.54, 1.807) is 6.07 Å². The lowest BCUT2D eigenvalue weighted by molar-refractivity contribution is -0.945. The molecule has 0 radical (unpaired) electrons. The average molecular weight is 379 g/mol. The molecule has 2 aliphatic rings. The van der Waals surface area contributed by atoms with E-state index >= 15 is 0 Å². The number of hydrogen-bond donors (Lipinski definition) is 3. The summed E-state index contributed by atoms with van der Waals surface area (Å²) in [6, 6.07) is 5.81. The first-order chi connectivity index (χ1) is 12.6. The molecule has 0 bridgehead atoms. The number of quaternary nitrogens is 2. The van der Waals surface area contributed by atoms with Gasteiger partial charge in [0.2, 0.25) is 5.91 Å². The SMILES string of the molecule is O=C1NC(=S)N(c2ccccc2F)C(=O)[C@@H]1C=NCC[NH+]1CC[NH2+]CC1. The van der Waals surface area contributed by atoms with E-state index in [4.69, 9.17) is 12.2 Å². The molecule has 2 amide bonds. The topological polar surface area (TPSA) is 82.8 Å². The third kappa shape index (κ3) is 4.12. The lowest BCUT2D eigenvalue weighted by Crippen LogP contribution is -3.20. The fourth-order valence-corrected chi connectivity index (χ4v) is 3.41. The van der Waals surface area contributed by atoms with Crippen LogP contribution in [0.3, 0.4) is 0 Å². The fraction of sp³-hybridized carbons (Fsp3) is 0.412. The van der Waals surface area contributed by atoms with Crippen LogP contribution in [0.25, 0.3) is 0 Å². The van der Waals surface area contributed by atoms with E-state index in [9.17, 15) is 14.0 Å². The van der Waals surface area contributed by atoms with Gasteiger partial charge in [0.15, 0.2) is 11.0 Å². The van der Waals surface area contributed by atoms with Gasteiger partial charge in [-0.15, -0.1) is 0 Å². The number of piperazine rings is 1. The summed E-state index contributed by atoms with van der Waals surface area (Å²) in [6.07, 6.45) is 1.35. The summed E-state index contributed by atoms with van der Waals surface area (Å²) < 4.78 is 14.1. The van der Waals surface area contributed by atoms with E-state index in [2.05, 4.69) is 15.6 Å². The van der Waals surface area contributed by atoms with Crippen LogP contribution in [0.4, 0.5) is 10.1 Å². The quantitative estimate of drug-likeness (QED) is 0.306. The first-order valence-corrected chi connectivity index (χ1v) is 9.07. The minimum absolute atomic E-state index is 0.0231. The van der Waals surface area contributed by atoms with Crippen molar-refractivity contribution in [3.63, 3.8) is 0 Å². The van der Waals surface area contributed by atoms with Gasteiger partial charge in [-0.05, 0) is 24.4 Å². The molecule has 2 fully saturated rings. The second-order valence-electron chi connectivity index (χ2n) is 6.32. The minimum atomic E-state index is -1.11. The number of thiocarbonyl (C=S) groups is 1. The van der Waals surface area contributed by atoms with E-state index in [0.29, 0.717) is 6.54 Å². The van der Waals surface area contributed by atoms with Crippen molar-refractivity contribution in [3.8, 4) is 0 Å².